The smallest absolute Gasteiger partial charge is 0.271 e. The first-order valence-corrected chi connectivity index (χ1v) is 10.3. The van der Waals surface area contributed by atoms with Crippen LogP contribution in [0.5, 0.6) is 0 Å². The van der Waals surface area contributed by atoms with Gasteiger partial charge in [-0.1, -0.05) is 12.1 Å². The Labute approximate surface area is 153 Å². The fraction of sp³-hybridized carbons (Fsp3) is 0.389. The lowest BCUT2D eigenvalue weighted by Crippen LogP contribution is -2.57. The summed E-state index contributed by atoms with van der Waals surface area (Å²) in [4.78, 5) is 19.6. The minimum atomic E-state index is -0.0352. The third kappa shape index (κ3) is 2.76. The summed E-state index contributed by atoms with van der Waals surface area (Å²) in [5, 5.41) is 7.14. The van der Waals surface area contributed by atoms with Gasteiger partial charge in [-0.05, 0) is 49.4 Å². The predicted molar refractivity (Wildman–Crippen MR) is 101 cm³/mol. The van der Waals surface area contributed by atoms with Crippen LogP contribution in [0.1, 0.15) is 23.3 Å². The molecule has 0 unspecified atom stereocenters. The topological polar surface area (TPSA) is 58.1 Å². The van der Waals surface area contributed by atoms with Crippen LogP contribution in [0.4, 0.5) is 0 Å². The quantitative estimate of drug-likeness (QED) is 0.769. The Morgan fingerprint density at radius 2 is 2.16 bits per heavy atom. The largest absolute Gasteiger partial charge is 0.346 e. The first kappa shape index (κ1) is 15.4. The molecule has 3 aromatic rings. The number of rotatable bonds is 3. The van der Waals surface area contributed by atoms with E-state index >= 15 is 0 Å². The molecule has 3 aliphatic heterocycles. The lowest BCUT2D eigenvalue weighted by molar-refractivity contribution is 0.0619. The van der Waals surface area contributed by atoms with E-state index in [1.165, 1.54) is 37.5 Å². The first-order valence-electron chi connectivity index (χ1n) is 8.60. The minimum absolute atomic E-state index is 0.0352. The van der Waals surface area contributed by atoms with Crippen molar-refractivity contribution in [3.05, 3.63) is 35.5 Å². The highest BCUT2D eigenvalue weighted by atomic mass is 32.1. The van der Waals surface area contributed by atoms with Crippen LogP contribution in [0.15, 0.2) is 29.8 Å². The summed E-state index contributed by atoms with van der Waals surface area (Å²) < 4.78 is 5.48. The number of amides is 1. The number of aromatic nitrogens is 2. The normalized spacial score (nSPS) is 25.4. The molecule has 2 bridgehead atoms. The van der Waals surface area contributed by atoms with Gasteiger partial charge in [-0.2, -0.15) is 4.37 Å². The molecule has 3 saturated heterocycles. The number of thiazole rings is 1. The highest BCUT2D eigenvalue weighted by molar-refractivity contribution is 7.14. The van der Waals surface area contributed by atoms with Crippen molar-refractivity contribution in [2.45, 2.75) is 18.9 Å². The number of hydrogen-bond acceptors (Lipinski definition) is 6. The average Bonchev–Trinajstić information content (AvgIpc) is 3.32. The van der Waals surface area contributed by atoms with Gasteiger partial charge in [-0.25, -0.2) is 4.98 Å². The van der Waals surface area contributed by atoms with E-state index in [-0.39, 0.29) is 11.9 Å². The van der Waals surface area contributed by atoms with E-state index in [9.17, 15) is 4.79 Å². The monoisotopic (exact) mass is 370 g/mol. The van der Waals surface area contributed by atoms with E-state index < -0.39 is 0 Å². The average molecular weight is 371 g/mol. The van der Waals surface area contributed by atoms with Crippen molar-refractivity contribution >= 4 is 38.9 Å². The van der Waals surface area contributed by atoms with Crippen molar-refractivity contribution in [2.24, 2.45) is 5.92 Å². The van der Waals surface area contributed by atoms with E-state index in [2.05, 4.69) is 25.6 Å². The van der Waals surface area contributed by atoms with Crippen molar-refractivity contribution in [3.63, 3.8) is 0 Å². The Balaban J connectivity index is 1.40. The van der Waals surface area contributed by atoms with Crippen LogP contribution in [0.2, 0.25) is 0 Å². The lowest BCUT2D eigenvalue weighted by atomic mass is 9.84. The molecule has 5 heterocycles. The molecule has 0 spiro atoms. The third-order valence-corrected chi connectivity index (χ3v) is 6.97. The zero-order valence-electron chi connectivity index (χ0n) is 13.6. The zero-order chi connectivity index (χ0) is 16.8. The van der Waals surface area contributed by atoms with Crippen molar-refractivity contribution in [3.8, 4) is 10.6 Å². The van der Waals surface area contributed by atoms with E-state index in [1.807, 2.05) is 23.7 Å². The summed E-state index contributed by atoms with van der Waals surface area (Å²) in [5.41, 5.74) is 1.64. The van der Waals surface area contributed by atoms with Crippen LogP contribution < -0.4 is 5.32 Å². The van der Waals surface area contributed by atoms with Gasteiger partial charge in [0.1, 0.15) is 10.7 Å². The summed E-state index contributed by atoms with van der Waals surface area (Å²) >= 11 is 3.00. The number of piperidine rings is 3. The summed E-state index contributed by atoms with van der Waals surface area (Å²) in [6.45, 7) is 3.33. The second kappa shape index (κ2) is 6.16. The highest BCUT2D eigenvalue weighted by Crippen LogP contribution is 2.31. The fourth-order valence-corrected chi connectivity index (χ4v) is 5.41. The molecule has 3 fully saturated rings. The molecule has 25 heavy (non-hydrogen) atoms. The summed E-state index contributed by atoms with van der Waals surface area (Å²) in [6.07, 6.45) is 4.20. The van der Waals surface area contributed by atoms with Gasteiger partial charge >= 0.3 is 0 Å². The van der Waals surface area contributed by atoms with Gasteiger partial charge in [-0.15, -0.1) is 11.3 Å². The van der Waals surface area contributed by atoms with Crippen molar-refractivity contribution < 1.29 is 4.79 Å². The molecule has 0 saturated carbocycles. The molecule has 0 radical (unpaired) electrons. The molecule has 0 aliphatic carbocycles. The maximum atomic E-state index is 12.8. The van der Waals surface area contributed by atoms with E-state index in [0.29, 0.717) is 11.6 Å². The van der Waals surface area contributed by atoms with Crippen LogP contribution in [0, 0.1) is 5.92 Å². The number of benzene rings is 1. The molecular weight excluding hydrogens is 352 g/mol. The maximum Gasteiger partial charge on any atom is 0.271 e. The van der Waals surface area contributed by atoms with Crippen molar-refractivity contribution in [1.29, 1.82) is 0 Å². The second-order valence-electron chi connectivity index (χ2n) is 6.80. The molecule has 6 rings (SSSR count). The van der Waals surface area contributed by atoms with E-state index in [0.717, 1.165) is 27.2 Å². The van der Waals surface area contributed by atoms with Crippen LogP contribution in [0.3, 0.4) is 0 Å². The van der Waals surface area contributed by atoms with Crippen LogP contribution >= 0.6 is 22.9 Å². The molecule has 3 aliphatic rings. The van der Waals surface area contributed by atoms with Gasteiger partial charge in [0, 0.05) is 35.1 Å². The molecule has 5 nitrogen and oxygen atoms in total. The standard InChI is InChI=1S/C18H18N4OS2/c23-17(20-14-10-22-6-3-11(14)4-7-22)16-13-2-1-12(9-15(13)25-21-16)18-19-5-8-24-18/h1-2,5,8-9,11,14H,3-4,6-7,10H2,(H,20,23)/t14-/m0/s1. The summed E-state index contributed by atoms with van der Waals surface area (Å²) in [7, 11) is 0. The van der Waals surface area contributed by atoms with Gasteiger partial charge in [0.15, 0.2) is 0 Å². The Morgan fingerprint density at radius 3 is 2.88 bits per heavy atom. The zero-order valence-corrected chi connectivity index (χ0v) is 15.3. The molecule has 128 valence electrons. The summed E-state index contributed by atoms with van der Waals surface area (Å²) in [6, 6.07) is 6.37. The maximum absolute atomic E-state index is 12.8. The Morgan fingerprint density at radius 1 is 1.28 bits per heavy atom. The number of hydrogen-bond donors (Lipinski definition) is 1. The number of nitrogens with zero attached hydrogens (tertiary/aromatic N) is 3. The van der Waals surface area contributed by atoms with E-state index in [4.69, 9.17) is 0 Å². The van der Waals surface area contributed by atoms with Gasteiger partial charge in [0.2, 0.25) is 0 Å². The first-order chi connectivity index (χ1) is 12.3. The number of fused-ring (bicyclic) bond motifs is 4. The van der Waals surface area contributed by atoms with Gasteiger partial charge in [0.25, 0.3) is 5.91 Å². The molecule has 7 heteroatoms. The van der Waals surface area contributed by atoms with Crippen molar-refractivity contribution in [2.75, 3.05) is 19.6 Å². The molecule has 1 atom stereocenters. The Bertz CT molecular complexity index is 912. The minimum Gasteiger partial charge on any atom is -0.346 e. The van der Waals surface area contributed by atoms with Crippen LogP contribution in [-0.2, 0) is 0 Å². The van der Waals surface area contributed by atoms with Gasteiger partial charge < -0.3 is 10.2 Å². The molecular formula is C18H18N4OS2. The van der Waals surface area contributed by atoms with Gasteiger partial charge in [-0.3, -0.25) is 4.79 Å². The Kier molecular flexibility index (Phi) is 3.80. The SMILES string of the molecule is O=C(N[C@H]1CN2CCC1CC2)c1nsc2cc(-c3nccs3)ccc12. The fourth-order valence-electron chi connectivity index (χ4n) is 3.97. The molecule has 1 amide bonds. The van der Waals surface area contributed by atoms with Gasteiger partial charge in [0.05, 0.1) is 4.70 Å². The van der Waals surface area contributed by atoms with Crippen LogP contribution in [-0.4, -0.2) is 45.8 Å². The predicted octanol–water partition coefficient (Wildman–Crippen LogP) is 3.24. The molecule has 1 aromatic carbocycles. The Hall–Kier alpha value is -1.83. The summed E-state index contributed by atoms with van der Waals surface area (Å²) in [5.74, 6) is 0.586. The highest BCUT2D eigenvalue weighted by Gasteiger charge is 2.35. The lowest BCUT2D eigenvalue weighted by Gasteiger charge is -2.44. The number of nitrogens with one attached hydrogen (secondary N) is 1. The number of carbonyl (C=O) groups is 1. The number of carbonyl (C=O) groups excluding carboxylic acids is 1. The molecule has 2 aromatic heterocycles. The second-order valence-corrected chi connectivity index (χ2v) is 8.50. The van der Waals surface area contributed by atoms with Crippen LogP contribution in [0.25, 0.3) is 20.7 Å². The molecule has 1 N–H and O–H groups in total. The third-order valence-electron chi connectivity index (χ3n) is 5.34. The van der Waals surface area contributed by atoms with E-state index in [1.54, 1.807) is 11.3 Å². The van der Waals surface area contributed by atoms with Crippen molar-refractivity contribution in [1.82, 2.24) is 19.6 Å².